The Bertz CT molecular complexity index is 1680. The molecule has 0 spiro atoms. The quantitative estimate of drug-likeness (QED) is 0.245. The fourth-order valence-electron chi connectivity index (χ4n) is 5.79. The van der Waals surface area contributed by atoms with Crippen LogP contribution in [0.25, 0.3) is 27.8 Å². The molecule has 6 rings (SSSR count). The number of rotatable bonds is 6. The number of H-pyrrole nitrogens is 1. The van der Waals surface area contributed by atoms with E-state index < -0.39 is 11.7 Å². The van der Waals surface area contributed by atoms with Crippen LogP contribution in [0.1, 0.15) is 53.8 Å². The molecule has 0 saturated carbocycles. The summed E-state index contributed by atoms with van der Waals surface area (Å²) in [5.74, 6) is 0.286. The van der Waals surface area contributed by atoms with Gasteiger partial charge >= 0.3 is 6.18 Å². The van der Waals surface area contributed by atoms with Crippen molar-refractivity contribution < 1.29 is 13.2 Å². The van der Waals surface area contributed by atoms with Crippen LogP contribution in [0.15, 0.2) is 55.0 Å². The second-order valence-corrected chi connectivity index (χ2v) is 10.4. The number of anilines is 1. The van der Waals surface area contributed by atoms with Crippen molar-refractivity contribution in [2.45, 2.75) is 59.2 Å². The van der Waals surface area contributed by atoms with E-state index in [-0.39, 0.29) is 5.95 Å². The van der Waals surface area contributed by atoms with Crippen LogP contribution >= 0.6 is 0 Å². The van der Waals surface area contributed by atoms with E-state index in [0.717, 1.165) is 76.3 Å². The van der Waals surface area contributed by atoms with Crippen molar-refractivity contribution in [3.8, 4) is 16.9 Å². The van der Waals surface area contributed by atoms with Crippen LogP contribution in [0.4, 0.5) is 19.1 Å². The maximum atomic E-state index is 13.1. The molecule has 4 heterocycles. The third kappa shape index (κ3) is 4.43. The van der Waals surface area contributed by atoms with Crippen molar-refractivity contribution >= 4 is 16.9 Å². The van der Waals surface area contributed by atoms with Crippen LogP contribution < -0.4 is 4.90 Å². The zero-order valence-electron chi connectivity index (χ0n) is 22.8. The number of nitrogens with zero attached hydrogens (tertiary/aromatic N) is 5. The number of alkyl halides is 3. The largest absolute Gasteiger partial charge is 0.419 e. The SMILES string of the molecule is CCCc1cccc(CC)c1-n1nc2c(c1-c1ccc(C)c3[nH]ccc13)CN(c1ncc(C(F)(F)F)cn1)CC2. The molecule has 0 atom stereocenters. The number of aromatic nitrogens is 5. The molecule has 0 saturated heterocycles. The second kappa shape index (κ2) is 10.1. The van der Waals surface area contributed by atoms with E-state index in [1.165, 1.54) is 11.1 Å². The van der Waals surface area contributed by atoms with Crippen LogP contribution in [0.3, 0.4) is 0 Å². The lowest BCUT2D eigenvalue weighted by atomic mass is 9.96. The zero-order valence-corrected chi connectivity index (χ0v) is 22.8. The van der Waals surface area contributed by atoms with Crippen LogP contribution in [0.5, 0.6) is 0 Å². The van der Waals surface area contributed by atoms with Gasteiger partial charge in [-0.05, 0) is 42.5 Å². The Morgan fingerprint density at radius 3 is 2.50 bits per heavy atom. The first-order chi connectivity index (χ1) is 19.3. The normalized spacial score (nSPS) is 13.7. The zero-order chi connectivity index (χ0) is 28.0. The van der Waals surface area contributed by atoms with Crippen LogP contribution in [0.2, 0.25) is 0 Å². The number of hydrogen-bond acceptors (Lipinski definition) is 4. The van der Waals surface area contributed by atoms with E-state index in [4.69, 9.17) is 5.10 Å². The summed E-state index contributed by atoms with van der Waals surface area (Å²) in [6, 6.07) is 12.8. The third-order valence-corrected chi connectivity index (χ3v) is 7.78. The van der Waals surface area contributed by atoms with E-state index in [0.29, 0.717) is 19.5 Å². The summed E-state index contributed by atoms with van der Waals surface area (Å²) in [6.07, 6.45) is 2.67. The first-order valence-corrected chi connectivity index (χ1v) is 13.7. The van der Waals surface area contributed by atoms with E-state index >= 15 is 0 Å². The Morgan fingerprint density at radius 2 is 1.77 bits per heavy atom. The molecule has 1 aliphatic heterocycles. The molecule has 3 aromatic heterocycles. The highest BCUT2D eigenvalue weighted by Crippen LogP contribution is 2.39. The van der Waals surface area contributed by atoms with Gasteiger partial charge in [0.1, 0.15) is 0 Å². The monoisotopic (exact) mass is 544 g/mol. The molecular weight excluding hydrogens is 513 g/mol. The highest BCUT2D eigenvalue weighted by atomic mass is 19.4. The Labute approximate surface area is 230 Å². The molecule has 1 aliphatic rings. The second-order valence-electron chi connectivity index (χ2n) is 10.4. The lowest BCUT2D eigenvalue weighted by Crippen LogP contribution is -2.31. The summed E-state index contributed by atoms with van der Waals surface area (Å²) < 4.78 is 41.5. The van der Waals surface area contributed by atoms with Gasteiger partial charge in [-0.15, -0.1) is 0 Å². The van der Waals surface area contributed by atoms with E-state index in [1.54, 1.807) is 0 Å². The minimum Gasteiger partial charge on any atom is -0.361 e. The van der Waals surface area contributed by atoms with Gasteiger partial charge in [-0.1, -0.05) is 50.6 Å². The molecule has 0 bridgehead atoms. The number of aromatic amines is 1. The first-order valence-electron chi connectivity index (χ1n) is 13.7. The predicted octanol–water partition coefficient (Wildman–Crippen LogP) is 7.22. The Balaban J connectivity index is 1.55. The maximum absolute atomic E-state index is 13.1. The van der Waals surface area contributed by atoms with Gasteiger partial charge in [0.15, 0.2) is 0 Å². The van der Waals surface area contributed by atoms with Gasteiger partial charge in [0, 0.05) is 60.1 Å². The summed E-state index contributed by atoms with van der Waals surface area (Å²) in [4.78, 5) is 13.5. The van der Waals surface area contributed by atoms with Gasteiger partial charge in [-0.25, -0.2) is 14.6 Å². The summed E-state index contributed by atoms with van der Waals surface area (Å²) >= 11 is 0. The van der Waals surface area contributed by atoms with Crippen LogP contribution in [-0.4, -0.2) is 31.3 Å². The minimum absolute atomic E-state index is 0.286. The standard InChI is InChI=1S/C31H31F3N6/c1-4-7-21-9-6-8-20(5-2)28(21)40-29(24-11-10-19(3)27-23(24)12-14-35-27)25-18-39(15-13-26(25)38-40)30-36-16-22(17-37-30)31(32,33)34/h6,8-12,14,16-17,35H,4-5,7,13,15,18H2,1-3H3. The fourth-order valence-corrected chi connectivity index (χ4v) is 5.79. The summed E-state index contributed by atoms with van der Waals surface area (Å²) in [7, 11) is 0. The molecule has 1 N–H and O–H groups in total. The highest BCUT2D eigenvalue weighted by Gasteiger charge is 2.33. The topological polar surface area (TPSA) is 62.6 Å². The lowest BCUT2D eigenvalue weighted by molar-refractivity contribution is -0.138. The average Bonchev–Trinajstić information content (AvgIpc) is 3.59. The fraction of sp³-hybridized carbons (Fsp3) is 0.323. The van der Waals surface area contributed by atoms with Crippen LogP contribution in [0, 0.1) is 6.92 Å². The van der Waals surface area contributed by atoms with Gasteiger partial charge in [-0.2, -0.15) is 18.3 Å². The molecule has 0 fully saturated rings. The molecule has 6 nitrogen and oxygen atoms in total. The van der Waals surface area contributed by atoms with Crippen molar-refractivity contribution in [1.82, 2.24) is 24.7 Å². The molecule has 40 heavy (non-hydrogen) atoms. The number of hydrogen-bond donors (Lipinski definition) is 1. The number of benzene rings is 2. The van der Waals surface area contributed by atoms with E-state index in [1.807, 2.05) is 11.1 Å². The highest BCUT2D eigenvalue weighted by molar-refractivity contribution is 5.97. The lowest BCUT2D eigenvalue weighted by Gasteiger charge is -2.27. The van der Waals surface area contributed by atoms with E-state index in [2.05, 4.69) is 76.8 Å². The Morgan fingerprint density at radius 1 is 1.00 bits per heavy atom. The smallest absolute Gasteiger partial charge is 0.361 e. The van der Waals surface area contributed by atoms with Crippen molar-refractivity contribution in [3.05, 3.63) is 88.5 Å². The van der Waals surface area contributed by atoms with Crippen molar-refractivity contribution in [3.63, 3.8) is 0 Å². The third-order valence-electron chi connectivity index (χ3n) is 7.78. The van der Waals surface area contributed by atoms with Gasteiger partial charge in [0.2, 0.25) is 5.95 Å². The van der Waals surface area contributed by atoms with Gasteiger partial charge in [0.25, 0.3) is 0 Å². The Kier molecular flexibility index (Phi) is 6.60. The minimum atomic E-state index is -4.47. The van der Waals surface area contributed by atoms with Crippen LogP contribution in [-0.2, 0) is 32.0 Å². The molecule has 2 aromatic carbocycles. The first kappa shape index (κ1) is 26.1. The summed E-state index contributed by atoms with van der Waals surface area (Å²) in [5, 5.41) is 6.34. The van der Waals surface area contributed by atoms with Gasteiger partial charge in [0.05, 0.1) is 22.6 Å². The number of para-hydroxylation sites is 1. The predicted molar refractivity (Wildman–Crippen MR) is 151 cm³/mol. The molecule has 206 valence electrons. The molecule has 0 unspecified atom stereocenters. The van der Waals surface area contributed by atoms with Crippen molar-refractivity contribution in [1.29, 1.82) is 0 Å². The number of halogens is 3. The van der Waals surface area contributed by atoms with Gasteiger partial charge < -0.3 is 9.88 Å². The number of aryl methyl sites for hydroxylation is 3. The number of fused-ring (bicyclic) bond motifs is 2. The summed E-state index contributed by atoms with van der Waals surface area (Å²) in [5.41, 5.74) is 9.11. The van der Waals surface area contributed by atoms with Gasteiger partial charge in [-0.3, -0.25) is 0 Å². The molecule has 9 heteroatoms. The van der Waals surface area contributed by atoms with E-state index in [9.17, 15) is 13.2 Å². The molecular formula is C31H31F3N6. The molecule has 0 aliphatic carbocycles. The average molecular weight is 545 g/mol. The molecule has 5 aromatic rings. The number of nitrogens with one attached hydrogen (secondary N) is 1. The maximum Gasteiger partial charge on any atom is 0.419 e. The Hall–Kier alpha value is -4.14. The molecule has 0 radical (unpaired) electrons. The van der Waals surface area contributed by atoms with Crippen molar-refractivity contribution in [2.24, 2.45) is 0 Å². The van der Waals surface area contributed by atoms with Crippen molar-refractivity contribution in [2.75, 3.05) is 11.4 Å². The molecule has 0 amide bonds. The summed E-state index contributed by atoms with van der Waals surface area (Å²) in [6.45, 7) is 7.46.